The van der Waals surface area contributed by atoms with Gasteiger partial charge in [-0.1, -0.05) is 23.7 Å². The molecule has 0 unspecified atom stereocenters. The van der Waals surface area contributed by atoms with E-state index in [0.717, 1.165) is 18.7 Å². The van der Waals surface area contributed by atoms with E-state index in [4.69, 9.17) is 16.3 Å². The second-order valence-corrected chi connectivity index (χ2v) is 6.80. The number of benzene rings is 2. The van der Waals surface area contributed by atoms with Gasteiger partial charge in [0.25, 0.3) is 0 Å². The Morgan fingerprint density at radius 2 is 1.44 bits per heavy atom. The second kappa shape index (κ2) is 9.50. The fourth-order valence-corrected chi connectivity index (χ4v) is 2.92. The van der Waals surface area contributed by atoms with E-state index < -0.39 is 0 Å². The van der Waals surface area contributed by atoms with Gasteiger partial charge in [0.1, 0.15) is 0 Å². The van der Waals surface area contributed by atoms with E-state index in [-0.39, 0.29) is 18.2 Å². The summed E-state index contributed by atoms with van der Waals surface area (Å²) in [5, 5.41) is 6.36. The molecule has 6 nitrogen and oxygen atoms in total. The zero-order valence-electron chi connectivity index (χ0n) is 14.9. The number of nitrogens with zero attached hydrogens (tertiary/aromatic N) is 1. The van der Waals surface area contributed by atoms with Gasteiger partial charge in [-0.15, -0.1) is 0 Å². The Morgan fingerprint density at radius 1 is 0.889 bits per heavy atom. The maximum absolute atomic E-state index is 12.1. The number of hydrogen-bond donors (Lipinski definition) is 2. The predicted octanol–water partition coefficient (Wildman–Crippen LogP) is 2.79. The summed E-state index contributed by atoms with van der Waals surface area (Å²) in [6.45, 7) is 3.22. The average molecular weight is 388 g/mol. The maximum Gasteiger partial charge on any atom is 0.238 e. The van der Waals surface area contributed by atoms with Gasteiger partial charge in [-0.05, 0) is 42.0 Å². The van der Waals surface area contributed by atoms with Crippen LogP contribution in [0.25, 0.3) is 0 Å². The zero-order chi connectivity index (χ0) is 19.1. The Balaban J connectivity index is 1.47. The first kappa shape index (κ1) is 19.4. The Bertz CT molecular complexity index is 772. The number of nitrogens with one attached hydrogen (secondary N) is 2. The number of rotatable bonds is 6. The molecule has 3 rings (SSSR count). The van der Waals surface area contributed by atoms with Gasteiger partial charge in [-0.2, -0.15) is 0 Å². The van der Waals surface area contributed by atoms with Gasteiger partial charge in [0, 0.05) is 29.5 Å². The second-order valence-electron chi connectivity index (χ2n) is 6.37. The Morgan fingerprint density at radius 3 is 2.04 bits per heavy atom. The minimum absolute atomic E-state index is 0.0589. The minimum atomic E-state index is -0.110. The van der Waals surface area contributed by atoms with E-state index in [2.05, 4.69) is 15.5 Å². The molecule has 1 fully saturated rings. The largest absolute Gasteiger partial charge is 0.379 e. The molecule has 0 radical (unpaired) electrons. The van der Waals surface area contributed by atoms with Crippen LogP contribution in [0.3, 0.4) is 0 Å². The normalized spacial score (nSPS) is 14.6. The first-order valence-electron chi connectivity index (χ1n) is 8.83. The number of halogens is 1. The van der Waals surface area contributed by atoms with Crippen molar-refractivity contribution in [3.8, 4) is 0 Å². The van der Waals surface area contributed by atoms with Crippen molar-refractivity contribution in [2.24, 2.45) is 0 Å². The molecule has 0 saturated carbocycles. The van der Waals surface area contributed by atoms with Crippen LogP contribution in [0.1, 0.15) is 5.56 Å². The molecule has 27 heavy (non-hydrogen) atoms. The third-order valence-corrected chi connectivity index (χ3v) is 4.45. The Kier molecular flexibility index (Phi) is 6.81. The molecule has 7 heteroatoms. The molecule has 2 aromatic carbocycles. The summed E-state index contributed by atoms with van der Waals surface area (Å²) in [4.78, 5) is 26.3. The van der Waals surface area contributed by atoms with Crippen LogP contribution in [0.5, 0.6) is 0 Å². The highest BCUT2D eigenvalue weighted by atomic mass is 35.5. The third kappa shape index (κ3) is 6.36. The monoisotopic (exact) mass is 387 g/mol. The summed E-state index contributed by atoms with van der Waals surface area (Å²) in [5.41, 5.74) is 2.27. The van der Waals surface area contributed by atoms with Crippen LogP contribution >= 0.6 is 11.6 Å². The smallest absolute Gasteiger partial charge is 0.238 e. The van der Waals surface area contributed by atoms with Gasteiger partial charge >= 0.3 is 0 Å². The molecule has 142 valence electrons. The molecule has 1 aliphatic heterocycles. The summed E-state index contributed by atoms with van der Waals surface area (Å²) < 4.78 is 5.27. The van der Waals surface area contributed by atoms with Gasteiger partial charge < -0.3 is 15.4 Å². The van der Waals surface area contributed by atoms with Gasteiger partial charge in [0.2, 0.25) is 11.8 Å². The molecule has 2 N–H and O–H groups in total. The highest BCUT2D eigenvalue weighted by Crippen LogP contribution is 2.15. The van der Waals surface area contributed by atoms with E-state index in [1.165, 1.54) is 0 Å². The summed E-state index contributed by atoms with van der Waals surface area (Å²) in [7, 11) is 0. The molecule has 1 aliphatic rings. The molecule has 2 amide bonds. The highest BCUT2D eigenvalue weighted by molar-refractivity contribution is 6.30. The van der Waals surface area contributed by atoms with Gasteiger partial charge in [0.15, 0.2) is 0 Å². The van der Waals surface area contributed by atoms with Crippen LogP contribution in [-0.2, 0) is 20.7 Å². The summed E-state index contributed by atoms with van der Waals surface area (Å²) in [5.74, 6) is -0.169. The molecule has 0 atom stereocenters. The third-order valence-electron chi connectivity index (χ3n) is 4.20. The molecular weight excluding hydrogens is 366 g/mol. The predicted molar refractivity (Wildman–Crippen MR) is 106 cm³/mol. The Labute approximate surface area is 163 Å². The van der Waals surface area contributed by atoms with E-state index in [9.17, 15) is 9.59 Å². The molecule has 0 bridgehead atoms. The average Bonchev–Trinajstić information content (AvgIpc) is 2.66. The van der Waals surface area contributed by atoms with Crippen molar-refractivity contribution in [2.75, 3.05) is 43.5 Å². The number of hydrogen-bond acceptors (Lipinski definition) is 4. The molecule has 0 aliphatic carbocycles. The summed E-state index contributed by atoms with van der Waals surface area (Å²) in [6.07, 6.45) is 0.273. The van der Waals surface area contributed by atoms with E-state index >= 15 is 0 Å². The zero-order valence-corrected chi connectivity index (χ0v) is 15.7. The standard InChI is InChI=1S/C20H22ClN3O3/c21-16-3-1-15(2-4-16)13-19(25)22-17-5-7-18(8-6-17)23-20(26)14-24-9-11-27-12-10-24/h1-8H,9-14H2,(H,22,25)(H,23,26). The molecule has 0 spiro atoms. The van der Waals surface area contributed by atoms with E-state index in [1.54, 1.807) is 36.4 Å². The number of carbonyl (C=O) groups excluding carboxylic acids is 2. The van der Waals surface area contributed by atoms with Crippen molar-refractivity contribution in [2.45, 2.75) is 6.42 Å². The molecule has 2 aromatic rings. The molecule has 1 saturated heterocycles. The topological polar surface area (TPSA) is 70.7 Å². The number of ether oxygens (including phenoxy) is 1. The number of carbonyl (C=O) groups is 2. The highest BCUT2D eigenvalue weighted by Gasteiger charge is 2.14. The fraction of sp³-hybridized carbons (Fsp3) is 0.300. The van der Waals surface area contributed by atoms with E-state index in [1.807, 2.05) is 12.1 Å². The van der Waals surface area contributed by atoms with Gasteiger partial charge in [-0.3, -0.25) is 14.5 Å². The van der Waals surface area contributed by atoms with Crippen molar-refractivity contribution >= 4 is 34.8 Å². The van der Waals surface area contributed by atoms with Crippen molar-refractivity contribution in [3.63, 3.8) is 0 Å². The van der Waals surface area contributed by atoms with Crippen LogP contribution in [0.2, 0.25) is 5.02 Å². The van der Waals surface area contributed by atoms with Crippen LogP contribution in [-0.4, -0.2) is 49.6 Å². The summed E-state index contributed by atoms with van der Waals surface area (Å²) >= 11 is 5.84. The van der Waals surface area contributed by atoms with Crippen LogP contribution in [0, 0.1) is 0 Å². The number of amides is 2. The van der Waals surface area contributed by atoms with Crippen molar-refractivity contribution in [1.82, 2.24) is 4.90 Å². The van der Waals surface area contributed by atoms with Crippen LogP contribution in [0.15, 0.2) is 48.5 Å². The van der Waals surface area contributed by atoms with Crippen molar-refractivity contribution < 1.29 is 14.3 Å². The van der Waals surface area contributed by atoms with Gasteiger partial charge in [0.05, 0.1) is 26.2 Å². The lowest BCUT2D eigenvalue weighted by Crippen LogP contribution is -2.41. The lowest BCUT2D eigenvalue weighted by atomic mass is 10.1. The molecular formula is C20H22ClN3O3. The SMILES string of the molecule is O=C(Cc1ccc(Cl)cc1)Nc1ccc(NC(=O)CN2CCOCC2)cc1. The molecule has 0 aromatic heterocycles. The maximum atomic E-state index is 12.1. The van der Waals surface area contributed by atoms with Gasteiger partial charge in [-0.25, -0.2) is 0 Å². The van der Waals surface area contributed by atoms with E-state index in [0.29, 0.717) is 36.2 Å². The lowest BCUT2D eigenvalue weighted by molar-refractivity contribution is -0.118. The van der Waals surface area contributed by atoms with Crippen molar-refractivity contribution in [3.05, 3.63) is 59.1 Å². The summed E-state index contributed by atoms with van der Waals surface area (Å²) in [6, 6.07) is 14.3. The molecule has 1 heterocycles. The van der Waals surface area contributed by atoms with Crippen LogP contribution < -0.4 is 10.6 Å². The Hall–Kier alpha value is -2.41. The first-order chi connectivity index (χ1) is 13.1. The minimum Gasteiger partial charge on any atom is -0.379 e. The quantitative estimate of drug-likeness (QED) is 0.799. The lowest BCUT2D eigenvalue weighted by Gasteiger charge is -2.25. The fourth-order valence-electron chi connectivity index (χ4n) is 2.79. The first-order valence-corrected chi connectivity index (χ1v) is 9.20. The van der Waals surface area contributed by atoms with Crippen molar-refractivity contribution in [1.29, 1.82) is 0 Å². The van der Waals surface area contributed by atoms with Crippen LogP contribution in [0.4, 0.5) is 11.4 Å². The number of morpholine rings is 1. The number of anilines is 2.